The van der Waals surface area contributed by atoms with Crippen LogP contribution >= 0.6 is 11.6 Å². The summed E-state index contributed by atoms with van der Waals surface area (Å²) >= 11 is 5.99. The van der Waals surface area contributed by atoms with Crippen molar-refractivity contribution in [1.82, 2.24) is 0 Å². The highest BCUT2D eigenvalue weighted by atomic mass is 35.5. The number of halogens is 1. The lowest BCUT2D eigenvalue weighted by atomic mass is 10.2. The number of amides is 1. The van der Waals surface area contributed by atoms with Crippen LogP contribution in [0.3, 0.4) is 0 Å². The Labute approximate surface area is 153 Å². The second kappa shape index (κ2) is 7.41. The lowest BCUT2D eigenvalue weighted by molar-refractivity contribution is -0.119. The zero-order chi connectivity index (χ0) is 18.7. The first-order chi connectivity index (χ1) is 12.4. The van der Waals surface area contributed by atoms with Crippen LogP contribution in [0, 0.1) is 6.92 Å². The molecule has 6 nitrogen and oxygen atoms in total. The van der Waals surface area contributed by atoms with Gasteiger partial charge in [-0.25, -0.2) is 9.59 Å². The largest absolute Gasteiger partial charge is 0.452 e. The van der Waals surface area contributed by atoms with Crippen molar-refractivity contribution in [2.45, 2.75) is 6.92 Å². The van der Waals surface area contributed by atoms with Gasteiger partial charge in [-0.3, -0.25) is 4.79 Å². The van der Waals surface area contributed by atoms with Gasteiger partial charge in [0, 0.05) is 16.1 Å². The van der Waals surface area contributed by atoms with Crippen molar-refractivity contribution in [3.05, 3.63) is 75.1 Å². The number of anilines is 1. The molecule has 0 atom stereocenters. The predicted octanol–water partition coefficient (Wildman–Crippen LogP) is 3.55. The van der Waals surface area contributed by atoms with E-state index in [4.69, 9.17) is 20.8 Å². The second-order valence-corrected chi connectivity index (χ2v) is 5.98. The molecule has 3 rings (SSSR count). The molecule has 0 saturated heterocycles. The molecule has 1 heterocycles. The minimum absolute atomic E-state index is 0.269. The number of carbonyl (C=O) groups excluding carboxylic acids is 2. The standard InChI is InChI=1S/C19H14ClNO5/c1-11-6-7-13(9-15(11)20)21-17(22)10-25-18(23)14-8-12-4-2-3-5-16(12)26-19(14)24/h2-9H,10H2,1H3,(H,21,22). The van der Waals surface area contributed by atoms with Crippen LogP contribution in [0.5, 0.6) is 0 Å². The molecule has 0 radical (unpaired) electrons. The third-order valence-corrected chi connectivity index (χ3v) is 4.06. The van der Waals surface area contributed by atoms with Crippen molar-refractivity contribution in [3.8, 4) is 0 Å². The Morgan fingerprint density at radius 2 is 1.92 bits per heavy atom. The normalized spacial score (nSPS) is 10.5. The summed E-state index contributed by atoms with van der Waals surface area (Å²) < 4.78 is 9.97. The molecular formula is C19H14ClNO5. The lowest BCUT2D eigenvalue weighted by Crippen LogP contribution is -2.23. The van der Waals surface area contributed by atoms with Crippen LogP contribution in [0.2, 0.25) is 5.02 Å². The average Bonchev–Trinajstić information content (AvgIpc) is 2.62. The van der Waals surface area contributed by atoms with E-state index in [1.807, 2.05) is 6.92 Å². The van der Waals surface area contributed by atoms with Crippen LogP contribution in [0.4, 0.5) is 5.69 Å². The number of carbonyl (C=O) groups is 2. The summed E-state index contributed by atoms with van der Waals surface area (Å²) in [6, 6.07) is 13.2. The number of hydrogen-bond donors (Lipinski definition) is 1. The molecule has 1 amide bonds. The van der Waals surface area contributed by atoms with Gasteiger partial charge in [-0.2, -0.15) is 0 Å². The highest BCUT2D eigenvalue weighted by molar-refractivity contribution is 6.31. The van der Waals surface area contributed by atoms with Gasteiger partial charge in [-0.1, -0.05) is 35.9 Å². The summed E-state index contributed by atoms with van der Waals surface area (Å²) in [5.41, 5.74) is 0.628. The predicted molar refractivity (Wildman–Crippen MR) is 97.6 cm³/mol. The molecule has 1 N–H and O–H groups in total. The zero-order valence-corrected chi connectivity index (χ0v) is 14.5. The van der Waals surface area contributed by atoms with Crippen LogP contribution in [-0.4, -0.2) is 18.5 Å². The first-order valence-corrected chi connectivity index (χ1v) is 8.08. The molecular weight excluding hydrogens is 358 g/mol. The SMILES string of the molecule is Cc1ccc(NC(=O)COC(=O)c2cc3ccccc3oc2=O)cc1Cl. The Hall–Kier alpha value is -3.12. The monoisotopic (exact) mass is 371 g/mol. The van der Waals surface area contributed by atoms with Gasteiger partial charge in [0.2, 0.25) is 0 Å². The molecule has 0 spiro atoms. The van der Waals surface area contributed by atoms with Crippen molar-refractivity contribution in [2.75, 3.05) is 11.9 Å². The molecule has 0 aliphatic carbocycles. The second-order valence-electron chi connectivity index (χ2n) is 5.57. The molecule has 3 aromatic rings. The lowest BCUT2D eigenvalue weighted by Gasteiger charge is -2.08. The smallest absolute Gasteiger partial charge is 0.351 e. The molecule has 26 heavy (non-hydrogen) atoms. The molecule has 132 valence electrons. The number of para-hydroxylation sites is 1. The van der Waals surface area contributed by atoms with E-state index in [0.29, 0.717) is 21.7 Å². The molecule has 2 aromatic carbocycles. The Bertz CT molecular complexity index is 1060. The molecule has 0 fully saturated rings. The summed E-state index contributed by atoms with van der Waals surface area (Å²) in [5, 5.41) is 3.65. The molecule has 0 aliphatic rings. The Kier molecular flexibility index (Phi) is 5.04. The maximum atomic E-state index is 12.1. The highest BCUT2D eigenvalue weighted by Crippen LogP contribution is 2.20. The third-order valence-electron chi connectivity index (χ3n) is 3.65. The minimum Gasteiger partial charge on any atom is -0.452 e. The van der Waals surface area contributed by atoms with Crippen molar-refractivity contribution in [2.24, 2.45) is 0 Å². The number of rotatable bonds is 4. The summed E-state index contributed by atoms with van der Waals surface area (Å²) in [5.74, 6) is -1.48. The highest BCUT2D eigenvalue weighted by Gasteiger charge is 2.16. The Morgan fingerprint density at radius 1 is 1.15 bits per heavy atom. The van der Waals surface area contributed by atoms with E-state index < -0.39 is 24.1 Å². The first-order valence-electron chi connectivity index (χ1n) is 7.70. The van der Waals surface area contributed by atoms with Gasteiger partial charge in [-0.15, -0.1) is 0 Å². The number of benzene rings is 2. The maximum Gasteiger partial charge on any atom is 0.351 e. The molecule has 0 saturated carbocycles. The number of esters is 1. The number of aryl methyl sites for hydroxylation is 1. The summed E-state index contributed by atoms with van der Waals surface area (Å²) in [6.07, 6.45) is 0. The van der Waals surface area contributed by atoms with Crippen LogP contribution in [0.25, 0.3) is 11.0 Å². The summed E-state index contributed by atoms with van der Waals surface area (Å²) in [4.78, 5) is 35.9. The average molecular weight is 372 g/mol. The van der Waals surface area contributed by atoms with Gasteiger partial charge < -0.3 is 14.5 Å². The van der Waals surface area contributed by atoms with Crippen molar-refractivity contribution in [3.63, 3.8) is 0 Å². The third kappa shape index (κ3) is 3.92. The van der Waals surface area contributed by atoms with Crippen molar-refractivity contribution >= 4 is 40.1 Å². The fourth-order valence-electron chi connectivity index (χ4n) is 2.28. The van der Waals surface area contributed by atoms with Gasteiger partial charge in [0.05, 0.1) is 0 Å². The zero-order valence-electron chi connectivity index (χ0n) is 13.7. The van der Waals surface area contributed by atoms with E-state index in [-0.39, 0.29) is 5.56 Å². The molecule has 0 unspecified atom stereocenters. The van der Waals surface area contributed by atoms with Gasteiger partial charge in [-0.05, 0) is 36.8 Å². The van der Waals surface area contributed by atoms with E-state index >= 15 is 0 Å². The number of nitrogens with one attached hydrogen (secondary N) is 1. The van der Waals surface area contributed by atoms with Gasteiger partial charge in [0.15, 0.2) is 6.61 Å². The molecule has 0 bridgehead atoms. The quantitative estimate of drug-likeness (QED) is 0.560. The number of fused-ring (bicyclic) bond motifs is 1. The van der Waals surface area contributed by atoms with Gasteiger partial charge in [0.1, 0.15) is 11.1 Å². The van der Waals surface area contributed by atoms with Crippen molar-refractivity contribution in [1.29, 1.82) is 0 Å². The minimum atomic E-state index is -0.929. The van der Waals surface area contributed by atoms with Crippen LogP contribution in [-0.2, 0) is 9.53 Å². The number of ether oxygens (including phenoxy) is 1. The fraction of sp³-hybridized carbons (Fsp3) is 0.105. The topological polar surface area (TPSA) is 85.6 Å². The van der Waals surface area contributed by atoms with E-state index in [1.165, 1.54) is 6.07 Å². The Morgan fingerprint density at radius 3 is 2.69 bits per heavy atom. The molecule has 0 aliphatic heterocycles. The molecule has 1 aromatic heterocycles. The number of hydrogen-bond acceptors (Lipinski definition) is 5. The van der Waals surface area contributed by atoms with Crippen LogP contribution in [0.15, 0.2) is 57.7 Å². The molecule has 7 heteroatoms. The van der Waals surface area contributed by atoms with E-state index in [1.54, 1.807) is 42.5 Å². The maximum absolute atomic E-state index is 12.1. The summed E-state index contributed by atoms with van der Waals surface area (Å²) in [6.45, 7) is 1.29. The Balaban J connectivity index is 1.66. The summed E-state index contributed by atoms with van der Waals surface area (Å²) in [7, 11) is 0. The van der Waals surface area contributed by atoms with Crippen molar-refractivity contribution < 1.29 is 18.7 Å². The van der Waals surface area contributed by atoms with Gasteiger partial charge >= 0.3 is 11.6 Å². The van der Waals surface area contributed by atoms with Crippen LogP contribution in [0.1, 0.15) is 15.9 Å². The van der Waals surface area contributed by atoms with E-state index in [2.05, 4.69) is 5.32 Å². The van der Waals surface area contributed by atoms with Crippen LogP contribution < -0.4 is 10.9 Å². The fourth-order valence-corrected chi connectivity index (χ4v) is 2.46. The van der Waals surface area contributed by atoms with E-state index in [9.17, 15) is 14.4 Å². The van der Waals surface area contributed by atoms with Gasteiger partial charge in [0.25, 0.3) is 5.91 Å². The van der Waals surface area contributed by atoms with E-state index in [0.717, 1.165) is 5.56 Å². The first kappa shape index (κ1) is 17.7.